The molecule has 3 rings (SSSR count). The minimum Gasteiger partial charge on any atom is -0.493 e. The van der Waals surface area contributed by atoms with E-state index in [-0.39, 0.29) is 17.2 Å². The Hall–Kier alpha value is -3.80. The van der Waals surface area contributed by atoms with E-state index in [0.29, 0.717) is 17.1 Å². The summed E-state index contributed by atoms with van der Waals surface area (Å²) in [6.07, 6.45) is 0. The van der Waals surface area contributed by atoms with Crippen LogP contribution in [0.5, 0.6) is 11.5 Å². The molecule has 3 aromatic carbocycles. The molecule has 142 valence electrons. The SMILES string of the molecule is COc1cc(NC(=O)c2cccc(-c3ccccc3)c2)c(C(N)=O)cc1OC. The second kappa shape index (κ2) is 8.26. The molecule has 28 heavy (non-hydrogen) atoms. The molecule has 0 aliphatic rings. The van der Waals surface area contributed by atoms with E-state index in [0.717, 1.165) is 11.1 Å². The number of methoxy groups -OCH3 is 2. The molecular weight excluding hydrogens is 356 g/mol. The Kier molecular flexibility index (Phi) is 5.60. The van der Waals surface area contributed by atoms with Crippen molar-refractivity contribution >= 4 is 17.5 Å². The molecule has 6 nitrogen and oxygen atoms in total. The molecule has 6 heteroatoms. The van der Waals surface area contributed by atoms with E-state index in [1.54, 1.807) is 18.2 Å². The number of primary amides is 1. The molecule has 0 unspecified atom stereocenters. The lowest BCUT2D eigenvalue weighted by molar-refractivity contribution is 0.100. The molecule has 0 atom stereocenters. The monoisotopic (exact) mass is 376 g/mol. The molecule has 0 spiro atoms. The second-order valence-electron chi connectivity index (χ2n) is 6.02. The zero-order valence-electron chi connectivity index (χ0n) is 15.6. The zero-order chi connectivity index (χ0) is 20.1. The first kappa shape index (κ1) is 19.0. The van der Waals surface area contributed by atoms with Gasteiger partial charge in [0.2, 0.25) is 0 Å². The van der Waals surface area contributed by atoms with Crippen molar-refractivity contribution in [2.75, 3.05) is 19.5 Å². The fourth-order valence-corrected chi connectivity index (χ4v) is 2.85. The fraction of sp³-hybridized carbons (Fsp3) is 0.0909. The molecule has 0 fully saturated rings. The van der Waals surface area contributed by atoms with Gasteiger partial charge < -0.3 is 20.5 Å². The quantitative estimate of drug-likeness (QED) is 0.686. The summed E-state index contributed by atoms with van der Waals surface area (Å²) in [6.45, 7) is 0. The standard InChI is InChI=1S/C22H20N2O4/c1-27-19-12-17(21(23)25)18(13-20(19)28-2)24-22(26)16-10-6-9-15(11-16)14-7-4-3-5-8-14/h3-13H,1-2H3,(H2,23,25)(H,24,26). The van der Waals surface area contributed by atoms with Gasteiger partial charge in [-0.25, -0.2) is 0 Å². The number of carbonyl (C=O) groups is 2. The van der Waals surface area contributed by atoms with E-state index in [1.807, 2.05) is 36.4 Å². The van der Waals surface area contributed by atoms with E-state index < -0.39 is 5.91 Å². The average molecular weight is 376 g/mol. The molecule has 0 bridgehead atoms. The lowest BCUT2D eigenvalue weighted by atomic mass is 10.0. The minimum atomic E-state index is -0.686. The van der Waals surface area contributed by atoms with Crippen LogP contribution < -0.4 is 20.5 Å². The Morgan fingerprint density at radius 2 is 1.46 bits per heavy atom. The van der Waals surface area contributed by atoms with Gasteiger partial charge >= 0.3 is 0 Å². The summed E-state index contributed by atoms with van der Waals surface area (Å²) < 4.78 is 10.4. The summed E-state index contributed by atoms with van der Waals surface area (Å²) in [5, 5.41) is 2.74. The highest BCUT2D eigenvalue weighted by molar-refractivity contribution is 6.09. The third-order valence-electron chi connectivity index (χ3n) is 4.27. The van der Waals surface area contributed by atoms with Crippen LogP contribution in [0, 0.1) is 0 Å². The summed E-state index contributed by atoms with van der Waals surface area (Å²) in [4.78, 5) is 24.6. The van der Waals surface area contributed by atoms with Crippen LogP contribution in [0.25, 0.3) is 11.1 Å². The van der Waals surface area contributed by atoms with Gasteiger partial charge in [-0.05, 0) is 29.3 Å². The normalized spacial score (nSPS) is 10.2. The molecule has 3 N–H and O–H groups in total. The third kappa shape index (κ3) is 3.96. The van der Waals surface area contributed by atoms with E-state index in [2.05, 4.69) is 5.32 Å². The fourth-order valence-electron chi connectivity index (χ4n) is 2.85. The van der Waals surface area contributed by atoms with Crippen LogP contribution in [0.15, 0.2) is 66.7 Å². The maximum atomic E-state index is 12.8. The van der Waals surface area contributed by atoms with Crippen LogP contribution in [0.4, 0.5) is 5.69 Å². The first-order chi connectivity index (χ1) is 13.5. The van der Waals surface area contributed by atoms with Crippen LogP contribution in [0.1, 0.15) is 20.7 Å². The van der Waals surface area contributed by atoms with Crippen molar-refractivity contribution < 1.29 is 19.1 Å². The Morgan fingerprint density at radius 1 is 0.821 bits per heavy atom. The molecule has 0 saturated heterocycles. The van der Waals surface area contributed by atoms with Crippen molar-refractivity contribution in [2.24, 2.45) is 5.73 Å². The van der Waals surface area contributed by atoms with Crippen molar-refractivity contribution in [1.82, 2.24) is 0 Å². The van der Waals surface area contributed by atoms with Crippen molar-refractivity contribution in [3.63, 3.8) is 0 Å². The Balaban J connectivity index is 1.94. The number of hydrogen-bond acceptors (Lipinski definition) is 4. The van der Waals surface area contributed by atoms with Gasteiger partial charge in [0.05, 0.1) is 25.5 Å². The lowest BCUT2D eigenvalue weighted by Crippen LogP contribution is -2.18. The number of rotatable bonds is 6. The van der Waals surface area contributed by atoms with E-state index in [1.165, 1.54) is 26.4 Å². The summed E-state index contributed by atoms with van der Waals surface area (Å²) in [6, 6.07) is 19.9. The molecule has 0 heterocycles. The number of hydrogen-bond donors (Lipinski definition) is 2. The van der Waals surface area contributed by atoms with Gasteiger partial charge in [-0.3, -0.25) is 9.59 Å². The highest BCUT2D eigenvalue weighted by Crippen LogP contribution is 2.33. The molecule has 0 aliphatic heterocycles. The second-order valence-corrected chi connectivity index (χ2v) is 6.02. The highest BCUT2D eigenvalue weighted by Gasteiger charge is 2.17. The smallest absolute Gasteiger partial charge is 0.255 e. The predicted octanol–water partition coefficient (Wildman–Crippen LogP) is 3.72. The first-order valence-corrected chi connectivity index (χ1v) is 8.56. The van der Waals surface area contributed by atoms with Gasteiger partial charge in [-0.2, -0.15) is 0 Å². The van der Waals surface area contributed by atoms with E-state index in [9.17, 15) is 9.59 Å². The number of nitrogens with one attached hydrogen (secondary N) is 1. The van der Waals surface area contributed by atoms with Crippen molar-refractivity contribution in [1.29, 1.82) is 0 Å². The summed E-state index contributed by atoms with van der Waals surface area (Å²) in [5.74, 6) is -0.331. The minimum absolute atomic E-state index is 0.130. The number of anilines is 1. The topological polar surface area (TPSA) is 90.6 Å². The van der Waals surface area contributed by atoms with Crippen LogP contribution in [-0.4, -0.2) is 26.0 Å². The predicted molar refractivity (Wildman–Crippen MR) is 108 cm³/mol. The average Bonchev–Trinajstić information content (AvgIpc) is 2.73. The number of ether oxygens (including phenoxy) is 2. The van der Waals surface area contributed by atoms with Gasteiger partial charge in [-0.1, -0.05) is 42.5 Å². The lowest BCUT2D eigenvalue weighted by Gasteiger charge is -2.14. The van der Waals surface area contributed by atoms with Crippen LogP contribution >= 0.6 is 0 Å². The number of nitrogens with two attached hydrogens (primary N) is 1. The van der Waals surface area contributed by atoms with Gasteiger partial charge in [0, 0.05) is 11.6 Å². The maximum absolute atomic E-state index is 12.8. The Bertz CT molecular complexity index is 1020. The molecule has 2 amide bonds. The van der Waals surface area contributed by atoms with Gasteiger partial charge in [-0.15, -0.1) is 0 Å². The Morgan fingerprint density at radius 3 is 2.11 bits per heavy atom. The van der Waals surface area contributed by atoms with E-state index in [4.69, 9.17) is 15.2 Å². The van der Waals surface area contributed by atoms with Gasteiger partial charge in [0.15, 0.2) is 11.5 Å². The molecule has 3 aromatic rings. The van der Waals surface area contributed by atoms with E-state index >= 15 is 0 Å². The van der Waals surface area contributed by atoms with Crippen molar-refractivity contribution in [3.8, 4) is 22.6 Å². The summed E-state index contributed by atoms with van der Waals surface area (Å²) >= 11 is 0. The van der Waals surface area contributed by atoms with Crippen molar-refractivity contribution in [2.45, 2.75) is 0 Å². The van der Waals surface area contributed by atoms with Crippen LogP contribution in [-0.2, 0) is 0 Å². The molecule has 0 aliphatic carbocycles. The molecule has 0 radical (unpaired) electrons. The Labute approximate surface area is 162 Å². The summed E-state index contributed by atoms with van der Waals surface area (Å²) in [7, 11) is 2.92. The molecular formula is C22H20N2O4. The highest BCUT2D eigenvalue weighted by atomic mass is 16.5. The van der Waals surface area contributed by atoms with Crippen LogP contribution in [0.2, 0.25) is 0 Å². The number of amides is 2. The van der Waals surface area contributed by atoms with Crippen molar-refractivity contribution in [3.05, 3.63) is 77.9 Å². The third-order valence-corrected chi connectivity index (χ3v) is 4.27. The largest absolute Gasteiger partial charge is 0.493 e. The van der Waals surface area contributed by atoms with Crippen LogP contribution in [0.3, 0.4) is 0 Å². The van der Waals surface area contributed by atoms with Gasteiger partial charge in [0.1, 0.15) is 0 Å². The molecule has 0 aromatic heterocycles. The first-order valence-electron chi connectivity index (χ1n) is 8.56. The number of benzene rings is 3. The zero-order valence-corrected chi connectivity index (χ0v) is 15.6. The van der Waals surface area contributed by atoms with Gasteiger partial charge in [0.25, 0.3) is 11.8 Å². The summed E-state index contributed by atoms with van der Waals surface area (Å²) in [5.41, 5.74) is 8.20. The molecule has 0 saturated carbocycles. The maximum Gasteiger partial charge on any atom is 0.255 e. The number of carbonyl (C=O) groups excluding carboxylic acids is 2.